The lowest BCUT2D eigenvalue weighted by molar-refractivity contribution is -0.143. The summed E-state index contributed by atoms with van der Waals surface area (Å²) in [5.41, 5.74) is 12.2. The number of hydrogen-bond donors (Lipinski definition) is 8. The van der Waals surface area contributed by atoms with Crippen LogP contribution in [-0.4, -0.2) is 147 Å². The molecule has 0 aliphatic heterocycles. The molecule has 0 aliphatic carbocycles. The Bertz CT molecular complexity index is 1610. The van der Waals surface area contributed by atoms with Crippen molar-refractivity contribution in [3.8, 4) is 0 Å². The summed E-state index contributed by atoms with van der Waals surface area (Å²) in [6, 6.07) is 14.5. The molecule has 0 bridgehead atoms. The summed E-state index contributed by atoms with van der Waals surface area (Å²) in [5, 5.41) is 40.4. The molecule has 1 heterocycles. The van der Waals surface area contributed by atoms with Crippen LogP contribution in [0, 0.1) is 0 Å². The van der Waals surface area contributed by atoms with Gasteiger partial charge in [-0.3, -0.25) is 48.3 Å². The summed E-state index contributed by atoms with van der Waals surface area (Å²) in [4.78, 5) is 82.6. The molecule has 2 amide bonds. The molecule has 0 radical (unpaired) electrons. The van der Waals surface area contributed by atoms with Gasteiger partial charge in [0, 0.05) is 49.8 Å². The van der Waals surface area contributed by atoms with E-state index >= 15 is 0 Å². The van der Waals surface area contributed by atoms with E-state index in [2.05, 4.69) is 15.8 Å². The maximum atomic E-state index is 12.9. The molecule has 0 saturated heterocycles. The van der Waals surface area contributed by atoms with Gasteiger partial charge in [-0.05, 0) is 42.0 Å². The van der Waals surface area contributed by atoms with Gasteiger partial charge in [-0.1, -0.05) is 42.5 Å². The van der Waals surface area contributed by atoms with Crippen LogP contribution in [0.3, 0.4) is 0 Å². The number of carboxylic acids is 4. The van der Waals surface area contributed by atoms with E-state index in [0.717, 1.165) is 27.6 Å². The number of aliphatic carboxylic acids is 4. The summed E-state index contributed by atoms with van der Waals surface area (Å²) in [5.74, 6) is -5.74. The van der Waals surface area contributed by atoms with E-state index in [9.17, 15) is 28.8 Å². The first-order valence-electron chi connectivity index (χ1n) is 16.9. The smallest absolute Gasteiger partial charge is 0.317 e. The number of carbonyl (C=O) groups is 6. The third-order valence-electron chi connectivity index (χ3n) is 8.12. The number of fused-ring (bicyclic) bond motifs is 1. The highest BCUT2D eigenvalue weighted by molar-refractivity contribution is 5.85. The number of benzene rings is 2. The van der Waals surface area contributed by atoms with Crippen molar-refractivity contribution < 1.29 is 54.0 Å². The number of para-hydroxylation sites is 1. The van der Waals surface area contributed by atoms with Crippen molar-refractivity contribution in [2.24, 2.45) is 5.73 Å². The van der Waals surface area contributed by atoms with Crippen LogP contribution in [0.4, 0.5) is 0 Å². The second-order valence-electron chi connectivity index (χ2n) is 12.5. The standard InChI is InChI=1S/C35H47N7O11/c36-28(16-26-18-37-29-6-2-1-5-27(26)29)35(52)39-53-15-3-4-24-7-9-25(10-8-24)17-38-30(43)19-40(11-13-41(20-31(44)45)21-32(46)47)12-14-42(22-33(48)49)23-34(50)51/h1-2,5-10,18,28,37H,3-4,11-17,19-23,36H2,(H,38,43)(H,39,52)(H,44,45)(H,46,47)(H,48,49)(H,50,51)/t28-/m1/s1. The van der Waals surface area contributed by atoms with Crippen LogP contribution in [-0.2, 0) is 53.0 Å². The summed E-state index contributed by atoms with van der Waals surface area (Å²) in [6.07, 6.45) is 3.49. The van der Waals surface area contributed by atoms with Crippen LogP contribution in [0.1, 0.15) is 23.1 Å². The lowest BCUT2D eigenvalue weighted by Gasteiger charge is -2.28. The lowest BCUT2D eigenvalue weighted by atomic mass is 10.1. The van der Waals surface area contributed by atoms with Crippen molar-refractivity contribution in [1.29, 1.82) is 0 Å². The molecule has 0 fully saturated rings. The predicted molar refractivity (Wildman–Crippen MR) is 191 cm³/mol. The number of rotatable bonds is 26. The number of aromatic amines is 1. The Kier molecular flexibility index (Phi) is 17.3. The van der Waals surface area contributed by atoms with Crippen molar-refractivity contribution >= 4 is 46.6 Å². The number of carboxylic acid groups (broad SMARTS) is 4. The summed E-state index contributed by atoms with van der Waals surface area (Å²) < 4.78 is 0. The van der Waals surface area contributed by atoms with Crippen LogP contribution < -0.4 is 16.5 Å². The Morgan fingerprint density at radius 2 is 1.25 bits per heavy atom. The molecule has 3 rings (SSSR count). The molecule has 2 aromatic carbocycles. The van der Waals surface area contributed by atoms with Crippen molar-refractivity contribution in [2.75, 3.05) is 65.5 Å². The summed E-state index contributed by atoms with van der Waals surface area (Å²) in [7, 11) is 0. The number of aryl methyl sites for hydroxylation is 1. The molecule has 0 saturated carbocycles. The molecule has 0 spiro atoms. The van der Waals surface area contributed by atoms with Gasteiger partial charge >= 0.3 is 23.9 Å². The Morgan fingerprint density at radius 3 is 1.81 bits per heavy atom. The number of nitrogens with zero attached hydrogens (tertiary/aromatic N) is 3. The average Bonchev–Trinajstić information content (AvgIpc) is 3.50. The van der Waals surface area contributed by atoms with Crippen LogP contribution in [0.2, 0.25) is 0 Å². The number of amides is 2. The van der Waals surface area contributed by atoms with Crippen molar-refractivity contribution in [1.82, 2.24) is 30.5 Å². The topological polar surface area (TPSA) is 268 Å². The number of H-pyrrole nitrogens is 1. The van der Waals surface area contributed by atoms with E-state index in [1.54, 1.807) is 4.90 Å². The molecule has 18 nitrogen and oxygen atoms in total. The maximum absolute atomic E-state index is 12.9. The zero-order valence-electron chi connectivity index (χ0n) is 29.2. The first-order chi connectivity index (χ1) is 25.3. The molecular formula is C35H47N7O11. The van der Waals surface area contributed by atoms with E-state index in [1.807, 2.05) is 54.7 Å². The van der Waals surface area contributed by atoms with Gasteiger partial charge in [0.25, 0.3) is 5.91 Å². The number of nitrogens with two attached hydrogens (primary N) is 1. The van der Waals surface area contributed by atoms with E-state index in [1.165, 1.54) is 9.80 Å². The minimum atomic E-state index is -1.23. The first-order valence-corrected chi connectivity index (χ1v) is 16.9. The third-order valence-corrected chi connectivity index (χ3v) is 8.12. The molecule has 9 N–H and O–H groups in total. The quantitative estimate of drug-likeness (QED) is 0.0384. The third kappa shape index (κ3) is 16.2. The zero-order valence-corrected chi connectivity index (χ0v) is 29.2. The Labute approximate surface area is 305 Å². The molecule has 1 aromatic heterocycles. The molecule has 3 aromatic rings. The fourth-order valence-electron chi connectivity index (χ4n) is 5.49. The van der Waals surface area contributed by atoms with Gasteiger partial charge in [0.15, 0.2) is 0 Å². The zero-order chi connectivity index (χ0) is 38.8. The van der Waals surface area contributed by atoms with Gasteiger partial charge in [-0.25, -0.2) is 5.48 Å². The van der Waals surface area contributed by atoms with E-state index in [4.69, 9.17) is 31.0 Å². The van der Waals surface area contributed by atoms with Gasteiger partial charge in [-0.2, -0.15) is 0 Å². The molecule has 288 valence electrons. The maximum Gasteiger partial charge on any atom is 0.317 e. The Morgan fingerprint density at radius 1 is 0.717 bits per heavy atom. The lowest BCUT2D eigenvalue weighted by Crippen LogP contribution is -2.47. The summed E-state index contributed by atoms with van der Waals surface area (Å²) >= 11 is 0. The monoisotopic (exact) mass is 741 g/mol. The number of carbonyl (C=O) groups excluding carboxylic acids is 2. The molecule has 18 heteroatoms. The number of aromatic nitrogens is 1. The van der Waals surface area contributed by atoms with Crippen LogP contribution in [0.25, 0.3) is 10.9 Å². The van der Waals surface area contributed by atoms with E-state index in [-0.39, 0.29) is 45.9 Å². The Balaban J connectivity index is 1.43. The van der Waals surface area contributed by atoms with Crippen LogP contribution >= 0.6 is 0 Å². The number of nitrogens with one attached hydrogen (secondary N) is 3. The molecular weight excluding hydrogens is 694 g/mol. The second-order valence-corrected chi connectivity index (χ2v) is 12.5. The highest BCUT2D eigenvalue weighted by atomic mass is 16.6. The highest BCUT2D eigenvalue weighted by Gasteiger charge is 2.20. The van der Waals surface area contributed by atoms with Crippen molar-refractivity contribution in [3.05, 3.63) is 71.4 Å². The normalized spacial score (nSPS) is 11.9. The summed E-state index contributed by atoms with van der Waals surface area (Å²) in [6.45, 7) is -1.84. The van der Waals surface area contributed by atoms with Gasteiger partial charge in [0.05, 0.1) is 45.4 Å². The van der Waals surface area contributed by atoms with Gasteiger partial charge < -0.3 is 36.5 Å². The van der Waals surface area contributed by atoms with Crippen molar-refractivity contribution in [2.45, 2.75) is 31.8 Å². The van der Waals surface area contributed by atoms with E-state index < -0.39 is 67.9 Å². The first kappa shape index (κ1) is 42.0. The predicted octanol–water partition coefficient (Wildman–Crippen LogP) is -0.421. The minimum absolute atomic E-state index is 0.0258. The minimum Gasteiger partial charge on any atom is -0.480 e. The molecule has 0 aliphatic rings. The fourth-order valence-corrected chi connectivity index (χ4v) is 5.49. The largest absolute Gasteiger partial charge is 0.480 e. The van der Waals surface area contributed by atoms with Gasteiger partial charge in [-0.15, -0.1) is 0 Å². The van der Waals surface area contributed by atoms with E-state index in [0.29, 0.717) is 19.3 Å². The molecule has 0 unspecified atom stereocenters. The highest BCUT2D eigenvalue weighted by Crippen LogP contribution is 2.18. The van der Waals surface area contributed by atoms with Crippen LogP contribution in [0.15, 0.2) is 54.7 Å². The Hall–Kier alpha value is -5.40. The fraction of sp³-hybridized carbons (Fsp3) is 0.429. The van der Waals surface area contributed by atoms with Crippen molar-refractivity contribution in [3.63, 3.8) is 0 Å². The van der Waals surface area contributed by atoms with Gasteiger partial charge in [0.2, 0.25) is 5.91 Å². The number of hydroxylamine groups is 1. The molecule has 1 atom stereocenters. The average molecular weight is 742 g/mol. The molecule has 53 heavy (non-hydrogen) atoms. The second kappa shape index (κ2) is 21.8. The van der Waals surface area contributed by atoms with Gasteiger partial charge in [0.1, 0.15) is 0 Å². The SMILES string of the molecule is N[C@H](Cc1c[nH]c2ccccc12)C(=O)NOCCCc1ccc(CNC(=O)CN(CCN(CC(=O)O)CC(=O)O)CCN(CC(=O)O)CC(=O)O)cc1. The van der Waals surface area contributed by atoms with Crippen LogP contribution in [0.5, 0.6) is 0 Å². The number of hydrogen-bond acceptors (Lipinski definition) is 11.